The van der Waals surface area contributed by atoms with E-state index in [1.54, 1.807) is 0 Å². The van der Waals surface area contributed by atoms with Crippen molar-refractivity contribution in [2.24, 2.45) is 5.92 Å². The summed E-state index contributed by atoms with van der Waals surface area (Å²) in [6.07, 6.45) is 10.4. The van der Waals surface area contributed by atoms with Crippen molar-refractivity contribution in [2.75, 3.05) is 6.54 Å². The second kappa shape index (κ2) is 5.69. The zero-order valence-corrected chi connectivity index (χ0v) is 12.9. The van der Waals surface area contributed by atoms with Gasteiger partial charge in [-0.05, 0) is 56.7 Å². The number of nitrogens with zero attached hydrogens (tertiary/aromatic N) is 1. The lowest BCUT2D eigenvalue weighted by molar-refractivity contribution is 0.0830. The van der Waals surface area contributed by atoms with Crippen LogP contribution in [0.25, 0.3) is 0 Å². The van der Waals surface area contributed by atoms with Crippen molar-refractivity contribution >= 4 is 0 Å². The fourth-order valence-electron chi connectivity index (χ4n) is 4.75. The summed E-state index contributed by atoms with van der Waals surface area (Å²) in [6, 6.07) is 4.89. The number of fused-ring (bicyclic) bond motifs is 3. The molecule has 2 aliphatic heterocycles. The minimum atomic E-state index is 0.497. The summed E-state index contributed by atoms with van der Waals surface area (Å²) < 4.78 is 6.13. The average Bonchev–Trinajstić information content (AvgIpc) is 3.23. The highest BCUT2D eigenvalue weighted by Gasteiger charge is 2.47. The van der Waals surface area contributed by atoms with E-state index < -0.39 is 0 Å². The molecule has 21 heavy (non-hydrogen) atoms. The second-order valence-corrected chi connectivity index (χ2v) is 6.95. The zero-order valence-electron chi connectivity index (χ0n) is 12.9. The maximum atomic E-state index is 6.13. The maximum absolute atomic E-state index is 6.13. The summed E-state index contributed by atoms with van der Waals surface area (Å²) in [6.45, 7) is 3.36. The van der Waals surface area contributed by atoms with E-state index in [2.05, 4.69) is 24.4 Å². The van der Waals surface area contributed by atoms with Crippen molar-refractivity contribution in [2.45, 2.75) is 69.6 Å². The summed E-state index contributed by atoms with van der Waals surface area (Å²) in [5.74, 6) is 1.27. The largest absolute Gasteiger partial charge is 0.375 e. The van der Waals surface area contributed by atoms with Gasteiger partial charge in [-0.25, -0.2) is 0 Å². The van der Waals surface area contributed by atoms with Crippen LogP contribution in [0, 0.1) is 5.92 Å². The summed E-state index contributed by atoms with van der Waals surface area (Å²) in [5.41, 5.74) is 2.82. The number of hydrogen-bond donors (Lipinski definition) is 1. The van der Waals surface area contributed by atoms with Crippen molar-refractivity contribution in [3.8, 4) is 0 Å². The molecular weight excluding hydrogens is 260 g/mol. The quantitative estimate of drug-likeness (QED) is 0.903. The number of rotatable bonds is 5. The second-order valence-electron chi connectivity index (χ2n) is 6.95. The van der Waals surface area contributed by atoms with E-state index in [4.69, 9.17) is 9.72 Å². The first-order chi connectivity index (χ1) is 10.4. The van der Waals surface area contributed by atoms with Crippen molar-refractivity contribution < 1.29 is 4.74 Å². The topological polar surface area (TPSA) is 34.2 Å². The monoisotopic (exact) mass is 286 g/mol. The Hall–Kier alpha value is -0.930. The first-order valence-electron chi connectivity index (χ1n) is 8.69. The third-order valence-electron chi connectivity index (χ3n) is 5.68. The molecule has 0 saturated carbocycles. The van der Waals surface area contributed by atoms with Crippen LogP contribution in [0.5, 0.6) is 0 Å². The van der Waals surface area contributed by atoms with Crippen LogP contribution in [0.2, 0.25) is 0 Å². The number of aryl methyl sites for hydroxylation is 1. The van der Waals surface area contributed by atoms with Crippen LogP contribution in [0.1, 0.15) is 56.2 Å². The first-order valence-corrected chi connectivity index (χ1v) is 8.69. The average molecular weight is 286 g/mol. The Morgan fingerprint density at radius 3 is 3.10 bits per heavy atom. The van der Waals surface area contributed by atoms with E-state index in [1.165, 1.54) is 49.8 Å². The molecule has 3 nitrogen and oxygen atoms in total. The third kappa shape index (κ3) is 2.40. The van der Waals surface area contributed by atoms with Crippen molar-refractivity contribution in [1.82, 2.24) is 10.3 Å². The molecule has 0 aromatic carbocycles. The standard InChI is InChI=1S/C18H26N2O/c1-2-9-19-18(15-11-13-6-8-16(15)21-13)14-7-5-12-4-3-10-20-17(12)14/h3-4,10,13-16,18-19H,2,5-9,11H2,1H3. The molecule has 1 aliphatic carbocycles. The van der Waals surface area contributed by atoms with E-state index in [-0.39, 0.29) is 0 Å². The van der Waals surface area contributed by atoms with E-state index in [1.807, 2.05) is 6.20 Å². The molecular formula is C18H26N2O. The number of ether oxygens (including phenoxy) is 1. The van der Waals surface area contributed by atoms with Crippen molar-refractivity contribution in [3.63, 3.8) is 0 Å². The molecule has 114 valence electrons. The Labute approximate surface area is 127 Å². The van der Waals surface area contributed by atoms with Gasteiger partial charge >= 0.3 is 0 Å². The van der Waals surface area contributed by atoms with Gasteiger partial charge in [0.25, 0.3) is 0 Å². The van der Waals surface area contributed by atoms with Crippen LogP contribution in [-0.4, -0.2) is 29.8 Å². The van der Waals surface area contributed by atoms with Crippen LogP contribution < -0.4 is 5.32 Å². The van der Waals surface area contributed by atoms with Gasteiger partial charge in [0.05, 0.1) is 12.2 Å². The van der Waals surface area contributed by atoms with Gasteiger partial charge in [0.15, 0.2) is 0 Å². The molecule has 1 aromatic heterocycles. The number of pyridine rings is 1. The Kier molecular flexibility index (Phi) is 3.72. The smallest absolute Gasteiger partial charge is 0.0624 e. The molecule has 2 saturated heterocycles. The maximum Gasteiger partial charge on any atom is 0.0624 e. The summed E-state index contributed by atoms with van der Waals surface area (Å²) in [4.78, 5) is 4.72. The predicted molar refractivity (Wildman–Crippen MR) is 83.4 cm³/mol. The predicted octanol–water partition coefficient (Wildman–Crippen LogP) is 3.05. The Morgan fingerprint density at radius 1 is 1.38 bits per heavy atom. The van der Waals surface area contributed by atoms with Crippen LogP contribution in [0.4, 0.5) is 0 Å². The molecule has 1 aromatic rings. The minimum Gasteiger partial charge on any atom is -0.375 e. The lowest BCUT2D eigenvalue weighted by Gasteiger charge is -2.34. The van der Waals surface area contributed by atoms with E-state index >= 15 is 0 Å². The molecule has 2 fully saturated rings. The lowest BCUT2D eigenvalue weighted by Crippen LogP contribution is -2.44. The highest BCUT2D eigenvalue weighted by Crippen LogP contribution is 2.45. The fraction of sp³-hybridized carbons (Fsp3) is 0.722. The molecule has 0 radical (unpaired) electrons. The van der Waals surface area contributed by atoms with E-state index in [9.17, 15) is 0 Å². The minimum absolute atomic E-state index is 0.497. The number of nitrogens with one attached hydrogen (secondary N) is 1. The Bertz CT molecular complexity index is 504. The van der Waals surface area contributed by atoms with Gasteiger partial charge in [-0.2, -0.15) is 0 Å². The van der Waals surface area contributed by atoms with Crippen molar-refractivity contribution in [1.29, 1.82) is 0 Å². The molecule has 5 atom stereocenters. The van der Waals surface area contributed by atoms with Crippen LogP contribution in [0.3, 0.4) is 0 Å². The first kappa shape index (κ1) is 13.7. The third-order valence-corrected chi connectivity index (χ3v) is 5.68. The Morgan fingerprint density at radius 2 is 2.33 bits per heavy atom. The van der Waals surface area contributed by atoms with Crippen molar-refractivity contribution in [3.05, 3.63) is 29.6 Å². The van der Waals surface area contributed by atoms with Gasteiger partial charge in [-0.3, -0.25) is 4.98 Å². The van der Waals surface area contributed by atoms with Crippen LogP contribution >= 0.6 is 0 Å². The summed E-state index contributed by atoms with van der Waals surface area (Å²) in [7, 11) is 0. The fourth-order valence-corrected chi connectivity index (χ4v) is 4.75. The normalized spacial score (nSPS) is 35.1. The van der Waals surface area contributed by atoms with E-state index in [0.29, 0.717) is 30.1 Å². The molecule has 2 bridgehead atoms. The molecule has 3 heteroatoms. The highest BCUT2D eigenvalue weighted by molar-refractivity contribution is 5.30. The van der Waals surface area contributed by atoms with Gasteiger partial charge < -0.3 is 10.1 Å². The lowest BCUT2D eigenvalue weighted by atomic mass is 9.77. The van der Waals surface area contributed by atoms with Crippen LogP contribution in [0.15, 0.2) is 18.3 Å². The molecule has 0 spiro atoms. The van der Waals surface area contributed by atoms with Gasteiger partial charge in [-0.15, -0.1) is 0 Å². The van der Waals surface area contributed by atoms with Crippen LogP contribution in [-0.2, 0) is 11.2 Å². The number of aromatic nitrogens is 1. The molecule has 3 aliphatic rings. The SMILES string of the molecule is CCCNC(C1CCc2cccnc21)C1CC2CCC1O2. The summed E-state index contributed by atoms with van der Waals surface area (Å²) >= 11 is 0. The molecule has 1 N–H and O–H groups in total. The molecule has 4 rings (SSSR count). The van der Waals surface area contributed by atoms with E-state index in [0.717, 1.165) is 6.54 Å². The molecule has 5 unspecified atom stereocenters. The highest BCUT2D eigenvalue weighted by atomic mass is 16.5. The Balaban J connectivity index is 1.58. The summed E-state index contributed by atoms with van der Waals surface area (Å²) in [5, 5.41) is 3.86. The van der Waals surface area contributed by atoms with Gasteiger partial charge in [-0.1, -0.05) is 13.0 Å². The molecule has 0 amide bonds. The molecule has 3 heterocycles. The zero-order chi connectivity index (χ0) is 14.2. The van der Waals surface area contributed by atoms with Gasteiger partial charge in [0, 0.05) is 29.8 Å². The van der Waals surface area contributed by atoms with Gasteiger partial charge in [0.1, 0.15) is 0 Å². The number of hydrogen-bond acceptors (Lipinski definition) is 3. The van der Waals surface area contributed by atoms with Gasteiger partial charge in [0.2, 0.25) is 0 Å².